The van der Waals surface area contributed by atoms with E-state index in [9.17, 15) is 0 Å². The Morgan fingerprint density at radius 2 is 1.24 bits per heavy atom. The molecule has 0 aliphatic heterocycles. The maximum atomic E-state index is 5.22. The summed E-state index contributed by atoms with van der Waals surface area (Å²) >= 11 is 0. The molecule has 0 spiro atoms. The van der Waals surface area contributed by atoms with E-state index in [-0.39, 0.29) is 0 Å². The van der Waals surface area contributed by atoms with Crippen molar-refractivity contribution in [1.29, 1.82) is 0 Å². The van der Waals surface area contributed by atoms with Gasteiger partial charge in [-0.05, 0) is 29.2 Å². The summed E-state index contributed by atoms with van der Waals surface area (Å²) in [6, 6.07) is 31.5. The molecule has 29 heavy (non-hydrogen) atoms. The van der Waals surface area contributed by atoms with Gasteiger partial charge in [-0.1, -0.05) is 122 Å². The third-order valence-electron chi connectivity index (χ3n) is 4.95. The number of benzene rings is 3. The molecule has 0 heterocycles. The molecule has 0 radical (unpaired) electrons. The van der Waals surface area contributed by atoms with E-state index in [0.29, 0.717) is 0 Å². The second-order valence-corrected chi connectivity index (χ2v) is 6.80. The molecule has 3 rings (SSSR count). The van der Waals surface area contributed by atoms with Crippen molar-refractivity contribution in [3.63, 3.8) is 0 Å². The highest BCUT2D eigenvalue weighted by Gasteiger charge is 2.35. The van der Waals surface area contributed by atoms with Gasteiger partial charge in [0.15, 0.2) is 0 Å². The first-order chi connectivity index (χ1) is 14.3. The molecule has 3 aromatic carbocycles. The van der Waals surface area contributed by atoms with Crippen LogP contribution in [0.15, 0.2) is 132 Å². The SMILES string of the molecule is C=C/C(=C\C=C/C)C/C=N/C(c1ccccc1)(c1ccccc1)c1ccccc1. The summed E-state index contributed by atoms with van der Waals surface area (Å²) in [4.78, 5) is 5.22. The van der Waals surface area contributed by atoms with Gasteiger partial charge < -0.3 is 0 Å². The van der Waals surface area contributed by atoms with Crippen LogP contribution in [0.5, 0.6) is 0 Å². The molecule has 0 aliphatic rings. The highest BCUT2D eigenvalue weighted by Crippen LogP contribution is 2.40. The van der Waals surface area contributed by atoms with Gasteiger partial charge in [-0.3, -0.25) is 4.99 Å². The molecule has 0 N–H and O–H groups in total. The first kappa shape index (κ1) is 20.3. The number of nitrogens with zero attached hydrogens (tertiary/aromatic N) is 1. The maximum Gasteiger partial charge on any atom is 0.135 e. The number of hydrogen-bond donors (Lipinski definition) is 0. The Labute approximate surface area is 174 Å². The quantitative estimate of drug-likeness (QED) is 0.225. The van der Waals surface area contributed by atoms with Crippen molar-refractivity contribution in [2.45, 2.75) is 18.9 Å². The normalized spacial score (nSPS) is 12.5. The standard InChI is InChI=1S/C28H27N/c1-3-5-15-24(4-2)22-23-29-28(25-16-9-6-10-17-25,26-18-11-7-12-19-26)27-20-13-8-14-21-27/h3-21,23H,2,22H2,1H3/b5-3-,24-15+,29-23+. The van der Waals surface area contributed by atoms with E-state index in [2.05, 4.69) is 85.5 Å². The molecular weight excluding hydrogens is 350 g/mol. The van der Waals surface area contributed by atoms with E-state index in [1.165, 1.54) is 0 Å². The summed E-state index contributed by atoms with van der Waals surface area (Å²) in [5.41, 5.74) is 3.97. The van der Waals surface area contributed by atoms with Gasteiger partial charge in [0, 0.05) is 12.6 Å². The van der Waals surface area contributed by atoms with Crippen LogP contribution in [0.1, 0.15) is 30.0 Å². The molecule has 0 amide bonds. The summed E-state index contributed by atoms with van der Waals surface area (Å²) in [6.07, 6.45) is 10.8. The van der Waals surface area contributed by atoms with Crippen molar-refractivity contribution in [1.82, 2.24) is 0 Å². The molecule has 0 saturated carbocycles. The van der Waals surface area contributed by atoms with Crippen LogP contribution >= 0.6 is 0 Å². The van der Waals surface area contributed by atoms with Gasteiger partial charge >= 0.3 is 0 Å². The lowest BCUT2D eigenvalue weighted by Gasteiger charge is -2.32. The molecular formula is C28H27N. The number of rotatable bonds is 8. The summed E-state index contributed by atoms with van der Waals surface area (Å²) < 4.78 is 0. The molecule has 0 unspecified atom stereocenters. The smallest absolute Gasteiger partial charge is 0.135 e. The second-order valence-electron chi connectivity index (χ2n) is 6.80. The topological polar surface area (TPSA) is 12.4 Å². The van der Waals surface area contributed by atoms with Crippen molar-refractivity contribution < 1.29 is 0 Å². The third-order valence-corrected chi connectivity index (χ3v) is 4.95. The summed E-state index contributed by atoms with van der Waals surface area (Å²) in [5.74, 6) is 0. The highest BCUT2D eigenvalue weighted by molar-refractivity contribution is 5.66. The van der Waals surface area contributed by atoms with Crippen LogP contribution in [0.25, 0.3) is 0 Å². The van der Waals surface area contributed by atoms with Crippen LogP contribution in [0.3, 0.4) is 0 Å². The first-order valence-corrected chi connectivity index (χ1v) is 9.96. The minimum Gasteiger partial charge on any atom is -0.276 e. The maximum absolute atomic E-state index is 5.22. The van der Waals surface area contributed by atoms with Crippen LogP contribution in [0, 0.1) is 0 Å². The van der Waals surface area contributed by atoms with Gasteiger partial charge in [0.1, 0.15) is 5.54 Å². The fourth-order valence-corrected chi connectivity index (χ4v) is 3.49. The van der Waals surface area contributed by atoms with Crippen LogP contribution in [-0.2, 0) is 5.54 Å². The van der Waals surface area contributed by atoms with Crippen LogP contribution in [0.4, 0.5) is 0 Å². The molecule has 1 heteroatoms. The van der Waals surface area contributed by atoms with Crippen molar-refractivity contribution in [3.8, 4) is 0 Å². The lowest BCUT2D eigenvalue weighted by atomic mass is 9.77. The Morgan fingerprint density at radius 3 is 1.62 bits per heavy atom. The molecule has 144 valence electrons. The largest absolute Gasteiger partial charge is 0.276 e. The zero-order valence-electron chi connectivity index (χ0n) is 16.9. The predicted molar refractivity (Wildman–Crippen MR) is 125 cm³/mol. The third kappa shape index (κ3) is 4.70. The molecule has 1 nitrogen and oxygen atoms in total. The molecule has 0 aliphatic carbocycles. The lowest BCUT2D eigenvalue weighted by molar-refractivity contribution is 0.658. The number of allylic oxidation sites excluding steroid dienone is 5. The van der Waals surface area contributed by atoms with E-state index >= 15 is 0 Å². The average Bonchev–Trinajstić information content (AvgIpc) is 2.80. The van der Waals surface area contributed by atoms with Crippen molar-refractivity contribution in [2.24, 2.45) is 4.99 Å². The highest BCUT2D eigenvalue weighted by atomic mass is 14.9. The van der Waals surface area contributed by atoms with Crippen molar-refractivity contribution in [2.75, 3.05) is 0 Å². The fraction of sp³-hybridized carbons (Fsp3) is 0.107. The Morgan fingerprint density at radius 1 is 0.793 bits per heavy atom. The van der Waals surface area contributed by atoms with Crippen molar-refractivity contribution >= 4 is 6.21 Å². The Bertz CT molecular complexity index is 884. The monoisotopic (exact) mass is 377 g/mol. The molecule has 3 aromatic rings. The van der Waals surface area contributed by atoms with Gasteiger partial charge in [0.05, 0.1) is 0 Å². The minimum atomic E-state index is -0.601. The van der Waals surface area contributed by atoms with Crippen LogP contribution in [-0.4, -0.2) is 6.21 Å². The average molecular weight is 378 g/mol. The molecule has 0 bridgehead atoms. The zero-order chi connectivity index (χ0) is 20.4. The van der Waals surface area contributed by atoms with Gasteiger partial charge in [-0.2, -0.15) is 0 Å². The zero-order valence-corrected chi connectivity index (χ0v) is 16.9. The number of aliphatic imine (C=N–C) groups is 1. The lowest BCUT2D eigenvalue weighted by Crippen LogP contribution is -2.27. The fourth-order valence-electron chi connectivity index (χ4n) is 3.49. The van der Waals surface area contributed by atoms with E-state index in [1.807, 2.05) is 49.6 Å². The second kappa shape index (κ2) is 10.2. The van der Waals surface area contributed by atoms with Gasteiger partial charge in [0.25, 0.3) is 0 Å². The van der Waals surface area contributed by atoms with E-state index < -0.39 is 5.54 Å². The van der Waals surface area contributed by atoms with Crippen molar-refractivity contribution in [3.05, 3.63) is 144 Å². The van der Waals surface area contributed by atoms with Crippen LogP contribution < -0.4 is 0 Å². The Balaban J connectivity index is 2.17. The van der Waals surface area contributed by atoms with E-state index in [1.54, 1.807) is 0 Å². The Kier molecular flexibility index (Phi) is 7.13. The van der Waals surface area contributed by atoms with E-state index in [4.69, 9.17) is 4.99 Å². The Hall–Kier alpha value is -3.45. The first-order valence-electron chi connectivity index (χ1n) is 9.96. The molecule has 0 fully saturated rings. The van der Waals surface area contributed by atoms with Gasteiger partial charge in [-0.15, -0.1) is 0 Å². The van der Waals surface area contributed by atoms with E-state index in [0.717, 1.165) is 28.7 Å². The molecule has 0 saturated heterocycles. The van der Waals surface area contributed by atoms with Crippen LogP contribution in [0.2, 0.25) is 0 Å². The van der Waals surface area contributed by atoms with Gasteiger partial charge in [0.2, 0.25) is 0 Å². The predicted octanol–water partition coefficient (Wildman–Crippen LogP) is 7.13. The minimum absolute atomic E-state index is 0.601. The summed E-state index contributed by atoms with van der Waals surface area (Å²) in [7, 11) is 0. The van der Waals surface area contributed by atoms with Gasteiger partial charge in [-0.25, -0.2) is 0 Å². The molecule has 0 atom stereocenters. The summed E-state index contributed by atoms with van der Waals surface area (Å²) in [6.45, 7) is 5.95. The summed E-state index contributed by atoms with van der Waals surface area (Å²) in [5, 5.41) is 0. The number of hydrogen-bond acceptors (Lipinski definition) is 1. The molecule has 0 aromatic heterocycles.